The standard InChI is InChI=1S/C16H19N3O3S/c1-10(13(9-20)23-3)18-15(21)14-11(2)22-16(12(14)8-17)19-6-4-5-7-19/h4-7,10,13,20H,9H2,1-3H3,(H,18,21). The van der Waals surface area contributed by atoms with Crippen molar-refractivity contribution in [1.29, 1.82) is 5.26 Å². The molecule has 0 aliphatic heterocycles. The van der Waals surface area contributed by atoms with E-state index in [-0.39, 0.29) is 34.9 Å². The monoisotopic (exact) mass is 333 g/mol. The zero-order valence-corrected chi connectivity index (χ0v) is 14.1. The van der Waals surface area contributed by atoms with Crippen molar-refractivity contribution >= 4 is 17.7 Å². The fourth-order valence-electron chi connectivity index (χ4n) is 2.37. The first-order chi connectivity index (χ1) is 11.0. The Morgan fingerprint density at radius 1 is 1.52 bits per heavy atom. The Labute approximate surface area is 139 Å². The second kappa shape index (κ2) is 7.40. The number of nitriles is 1. The van der Waals surface area contributed by atoms with E-state index in [1.807, 2.05) is 25.3 Å². The summed E-state index contributed by atoms with van der Waals surface area (Å²) in [4.78, 5) is 12.6. The molecule has 0 radical (unpaired) electrons. The second-order valence-corrected chi connectivity index (χ2v) is 6.21. The highest BCUT2D eigenvalue weighted by atomic mass is 32.2. The van der Waals surface area contributed by atoms with Gasteiger partial charge in [0.05, 0.1) is 6.61 Å². The summed E-state index contributed by atoms with van der Waals surface area (Å²) in [6.45, 7) is 3.45. The van der Waals surface area contributed by atoms with Crippen LogP contribution in [-0.2, 0) is 0 Å². The van der Waals surface area contributed by atoms with Crippen molar-refractivity contribution in [1.82, 2.24) is 9.88 Å². The van der Waals surface area contributed by atoms with E-state index in [1.165, 1.54) is 11.8 Å². The number of aliphatic hydroxyl groups excluding tert-OH is 1. The zero-order chi connectivity index (χ0) is 17.0. The van der Waals surface area contributed by atoms with Crippen LogP contribution in [0.25, 0.3) is 5.88 Å². The van der Waals surface area contributed by atoms with Gasteiger partial charge in [0.25, 0.3) is 5.91 Å². The van der Waals surface area contributed by atoms with Crippen molar-refractivity contribution in [3.63, 3.8) is 0 Å². The molecule has 23 heavy (non-hydrogen) atoms. The molecule has 0 spiro atoms. The Hall–Kier alpha value is -2.17. The minimum absolute atomic E-state index is 0.0350. The molecule has 0 aliphatic carbocycles. The number of aliphatic hydroxyl groups is 1. The van der Waals surface area contributed by atoms with Gasteiger partial charge >= 0.3 is 0 Å². The number of furan rings is 1. The van der Waals surface area contributed by atoms with E-state index in [1.54, 1.807) is 23.9 Å². The quantitative estimate of drug-likeness (QED) is 0.844. The van der Waals surface area contributed by atoms with Crippen molar-refractivity contribution in [2.24, 2.45) is 0 Å². The van der Waals surface area contributed by atoms with Crippen LogP contribution in [0.4, 0.5) is 0 Å². The van der Waals surface area contributed by atoms with E-state index < -0.39 is 0 Å². The Morgan fingerprint density at radius 3 is 2.70 bits per heavy atom. The van der Waals surface area contributed by atoms with Gasteiger partial charge in [0.1, 0.15) is 23.0 Å². The van der Waals surface area contributed by atoms with Crippen LogP contribution < -0.4 is 5.32 Å². The summed E-state index contributed by atoms with van der Waals surface area (Å²) in [6.07, 6.45) is 5.37. The van der Waals surface area contributed by atoms with Gasteiger partial charge in [0.15, 0.2) is 0 Å². The predicted octanol–water partition coefficient (Wildman–Crippen LogP) is 2.09. The molecule has 0 saturated heterocycles. The smallest absolute Gasteiger partial charge is 0.256 e. The van der Waals surface area contributed by atoms with Gasteiger partial charge in [-0.25, -0.2) is 0 Å². The average molecular weight is 333 g/mol. The predicted molar refractivity (Wildman–Crippen MR) is 88.8 cm³/mol. The summed E-state index contributed by atoms with van der Waals surface area (Å²) in [5, 5.41) is 21.5. The van der Waals surface area contributed by atoms with Crippen LogP contribution in [0.15, 0.2) is 28.9 Å². The number of hydrogen-bond acceptors (Lipinski definition) is 5. The molecule has 0 aliphatic rings. The summed E-state index contributed by atoms with van der Waals surface area (Å²) < 4.78 is 7.28. The first-order valence-corrected chi connectivity index (χ1v) is 8.43. The lowest BCUT2D eigenvalue weighted by Gasteiger charge is -2.21. The number of carbonyl (C=O) groups excluding carboxylic acids is 1. The molecule has 2 atom stereocenters. The zero-order valence-electron chi connectivity index (χ0n) is 13.2. The van der Waals surface area contributed by atoms with Crippen LogP contribution in [-0.4, -0.2) is 39.7 Å². The molecule has 0 bridgehead atoms. The number of nitrogens with zero attached hydrogens (tertiary/aromatic N) is 2. The lowest BCUT2D eigenvalue weighted by atomic mass is 10.1. The number of thioether (sulfide) groups is 1. The molecule has 2 rings (SSSR count). The topological polar surface area (TPSA) is 91.2 Å². The molecule has 1 amide bonds. The minimum atomic E-state index is -0.374. The van der Waals surface area contributed by atoms with Crippen LogP contribution in [0, 0.1) is 18.3 Å². The van der Waals surface area contributed by atoms with Gasteiger partial charge in [0, 0.05) is 23.7 Å². The summed E-state index contributed by atoms with van der Waals surface area (Å²) in [6, 6.07) is 5.44. The third-order valence-corrected chi connectivity index (χ3v) is 4.81. The van der Waals surface area contributed by atoms with Crippen molar-refractivity contribution in [2.75, 3.05) is 12.9 Å². The van der Waals surface area contributed by atoms with Crippen LogP contribution >= 0.6 is 11.8 Å². The summed E-state index contributed by atoms with van der Waals surface area (Å²) >= 11 is 1.48. The van der Waals surface area contributed by atoms with Gasteiger partial charge in [-0.15, -0.1) is 0 Å². The van der Waals surface area contributed by atoms with E-state index in [0.29, 0.717) is 11.6 Å². The maximum atomic E-state index is 12.6. The highest BCUT2D eigenvalue weighted by Crippen LogP contribution is 2.25. The molecule has 2 unspecified atom stereocenters. The molecular weight excluding hydrogens is 314 g/mol. The molecule has 6 nitrogen and oxygen atoms in total. The molecule has 122 valence electrons. The Morgan fingerprint density at radius 2 is 2.17 bits per heavy atom. The number of hydrogen-bond donors (Lipinski definition) is 2. The van der Waals surface area contributed by atoms with Crippen LogP contribution in [0.5, 0.6) is 0 Å². The van der Waals surface area contributed by atoms with Gasteiger partial charge in [-0.1, -0.05) is 0 Å². The minimum Gasteiger partial charge on any atom is -0.443 e. The molecule has 7 heteroatoms. The van der Waals surface area contributed by atoms with Gasteiger partial charge in [0.2, 0.25) is 5.88 Å². The molecule has 0 saturated carbocycles. The molecule has 2 heterocycles. The van der Waals surface area contributed by atoms with E-state index >= 15 is 0 Å². The highest BCUT2D eigenvalue weighted by molar-refractivity contribution is 7.99. The van der Waals surface area contributed by atoms with Gasteiger partial charge in [-0.2, -0.15) is 17.0 Å². The van der Waals surface area contributed by atoms with Crippen molar-refractivity contribution in [3.05, 3.63) is 41.4 Å². The van der Waals surface area contributed by atoms with Gasteiger partial charge in [-0.05, 0) is 32.2 Å². The Balaban J connectivity index is 2.33. The average Bonchev–Trinajstić information content (AvgIpc) is 3.15. The number of nitrogens with one attached hydrogen (secondary N) is 1. The summed E-state index contributed by atoms with van der Waals surface area (Å²) in [7, 11) is 0. The van der Waals surface area contributed by atoms with Crippen molar-refractivity contribution in [2.45, 2.75) is 25.1 Å². The van der Waals surface area contributed by atoms with Crippen LogP contribution in [0.1, 0.15) is 28.6 Å². The molecule has 0 fully saturated rings. The third-order valence-electron chi connectivity index (χ3n) is 3.64. The fraction of sp³-hybridized carbons (Fsp3) is 0.375. The van der Waals surface area contributed by atoms with Crippen molar-refractivity contribution < 1.29 is 14.3 Å². The summed E-state index contributed by atoms with van der Waals surface area (Å²) in [5.74, 6) is 0.345. The first kappa shape index (κ1) is 17.2. The Kier molecular flexibility index (Phi) is 5.53. The van der Waals surface area contributed by atoms with Gasteiger partial charge in [-0.3, -0.25) is 9.36 Å². The fourth-order valence-corrected chi connectivity index (χ4v) is 2.99. The van der Waals surface area contributed by atoms with E-state index in [2.05, 4.69) is 11.4 Å². The largest absolute Gasteiger partial charge is 0.443 e. The van der Waals surface area contributed by atoms with Crippen LogP contribution in [0.2, 0.25) is 0 Å². The number of amides is 1. The second-order valence-electron chi connectivity index (χ2n) is 5.13. The molecule has 2 aromatic heterocycles. The number of rotatable bonds is 6. The van der Waals surface area contributed by atoms with Gasteiger partial charge < -0.3 is 14.8 Å². The third kappa shape index (κ3) is 3.44. The normalized spacial score (nSPS) is 13.3. The molecular formula is C16H19N3O3S. The first-order valence-electron chi connectivity index (χ1n) is 7.14. The number of aromatic nitrogens is 1. The maximum absolute atomic E-state index is 12.6. The van der Waals surface area contributed by atoms with Crippen LogP contribution in [0.3, 0.4) is 0 Å². The van der Waals surface area contributed by atoms with E-state index in [0.717, 1.165) is 0 Å². The number of aryl methyl sites for hydroxylation is 1. The number of carbonyl (C=O) groups is 1. The molecule has 0 aromatic carbocycles. The highest BCUT2D eigenvalue weighted by Gasteiger charge is 2.26. The molecule has 2 N–H and O–H groups in total. The van der Waals surface area contributed by atoms with Crippen molar-refractivity contribution in [3.8, 4) is 12.0 Å². The van der Waals surface area contributed by atoms with E-state index in [9.17, 15) is 15.2 Å². The van der Waals surface area contributed by atoms with E-state index in [4.69, 9.17) is 4.42 Å². The molecule has 2 aromatic rings. The summed E-state index contributed by atoms with van der Waals surface area (Å²) in [5.41, 5.74) is 0.439. The Bertz CT molecular complexity index is 712. The lowest BCUT2D eigenvalue weighted by Crippen LogP contribution is -2.41. The maximum Gasteiger partial charge on any atom is 0.256 e. The SMILES string of the molecule is CSC(CO)C(C)NC(=O)c1c(C)oc(-n2cccc2)c1C#N. The lowest BCUT2D eigenvalue weighted by molar-refractivity contribution is 0.0934.